The van der Waals surface area contributed by atoms with Gasteiger partial charge in [0.15, 0.2) is 12.6 Å². The molecule has 2 saturated heterocycles. The molecule has 2 rings (SSSR count). The summed E-state index contributed by atoms with van der Waals surface area (Å²) in [6.45, 7) is 2.77. The molecule has 2 heterocycles. The van der Waals surface area contributed by atoms with Gasteiger partial charge >= 0.3 is 0 Å². The minimum atomic E-state index is -1.79. The van der Waals surface area contributed by atoms with Crippen LogP contribution in [-0.2, 0) is 23.7 Å². The lowest BCUT2D eigenvalue weighted by molar-refractivity contribution is -0.359. The van der Waals surface area contributed by atoms with E-state index in [4.69, 9.17) is 18.9 Å². The quantitative estimate of drug-likeness (QED) is 0.0225. The number of aliphatic hydroxyl groups excluding tert-OH is 8. The number of hydrogen-bond donors (Lipinski definition) is 9. The van der Waals surface area contributed by atoms with Crippen LogP contribution in [0.2, 0.25) is 0 Å². The van der Waals surface area contributed by atoms with Crippen molar-refractivity contribution in [3.05, 3.63) is 24.3 Å². The predicted molar refractivity (Wildman–Crippen MR) is 254 cm³/mol. The molecular weight excluding hydrogens is 835 g/mol. The fourth-order valence-corrected chi connectivity index (χ4v) is 8.60. The van der Waals surface area contributed by atoms with Crippen molar-refractivity contribution < 1.29 is 64.6 Å². The standard InChI is InChI=1S/C51H95NO13/c1-3-5-7-9-11-13-15-17-19-21-23-25-27-29-31-33-35-43(56)52-39(40(55)34-32-30-28-26-24-22-20-18-16-14-12-10-8-6-4-2)38-62-50-48(61)46(59)49(42(37-54)64-50)65-51-47(60)45(58)44(57)41(36-53)63-51/h24,26,32,34,39-42,44-51,53-55,57-61H,3-23,25,27-31,33,35-38H2,1-2H3,(H,52,56)/b26-24+,34-32+. The topological polar surface area (TPSA) is 228 Å². The highest BCUT2D eigenvalue weighted by molar-refractivity contribution is 5.76. The van der Waals surface area contributed by atoms with Gasteiger partial charge in [0.05, 0.1) is 32.0 Å². The first-order chi connectivity index (χ1) is 31.6. The number of ether oxygens (including phenoxy) is 4. The Balaban J connectivity index is 1.86. The number of rotatable bonds is 40. The van der Waals surface area contributed by atoms with Crippen molar-refractivity contribution in [1.29, 1.82) is 0 Å². The summed E-state index contributed by atoms with van der Waals surface area (Å²) in [5.41, 5.74) is 0. The minimum Gasteiger partial charge on any atom is -0.394 e. The van der Waals surface area contributed by atoms with Gasteiger partial charge in [-0.25, -0.2) is 0 Å². The van der Waals surface area contributed by atoms with Crippen LogP contribution in [-0.4, -0.2) is 140 Å². The van der Waals surface area contributed by atoms with E-state index in [9.17, 15) is 45.6 Å². The first-order valence-corrected chi connectivity index (χ1v) is 26.1. The van der Waals surface area contributed by atoms with E-state index >= 15 is 0 Å². The Bertz CT molecular complexity index is 1190. The molecule has 0 spiro atoms. The second-order valence-electron chi connectivity index (χ2n) is 18.6. The van der Waals surface area contributed by atoms with Gasteiger partial charge in [0.2, 0.25) is 5.91 Å². The number of unbranched alkanes of at least 4 members (excludes halogenated alkanes) is 25. The Labute approximate surface area is 392 Å². The maximum Gasteiger partial charge on any atom is 0.220 e. The van der Waals surface area contributed by atoms with Gasteiger partial charge in [0, 0.05) is 6.42 Å². The molecule has 65 heavy (non-hydrogen) atoms. The largest absolute Gasteiger partial charge is 0.394 e. The zero-order chi connectivity index (χ0) is 47.5. The maximum atomic E-state index is 13.2. The van der Waals surface area contributed by atoms with Crippen LogP contribution >= 0.6 is 0 Å². The molecule has 0 aliphatic carbocycles. The third-order valence-electron chi connectivity index (χ3n) is 12.9. The molecular formula is C51H95NO13. The predicted octanol–water partition coefficient (Wildman–Crippen LogP) is 6.94. The molecule has 2 aliphatic heterocycles. The Kier molecular flexibility index (Phi) is 35.1. The number of allylic oxidation sites excluding steroid dienone is 3. The van der Waals surface area contributed by atoms with Crippen LogP contribution < -0.4 is 5.32 Å². The van der Waals surface area contributed by atoms with Gasteiger partial charge in [-0.2, -0.15) is 0 Å². The Morgan fingerprint density at radius 1 is 0.538 bits per heavy atom. The van der Waals surface area contributed by atoms with Crippen LogP contribution in [0.5, 0.6) is 0 Å². The fourth-order valence-electron chi connectivity index (χ4n) is 8.60. The van der Waals surface area contributed by atoms with E-state index in [0.29, 0.717) is 12.8 Å². The molecule has 0 aromatic carbocycles. The van der Waals surface area contributed by atoms with Gasteiger partial charge in [0.25, 0.3) is 0 Å². The molecule has 1 amide bonds. The van der Waals surface area contributed by atoms with Crippen molar-refractivity contribution in [3.8, 4) is 0 Å². The van der Waals surface area contributed by atoms with Crippen molar-refractivity contribution >= 4 is 5.91 Å². The lowest BCUT2D eigenvalue weighted by Crippen LogP contribution is -2.65. The average Bonchev–Trinajstić information content (AvgIpc) is 3.30. The second-order valence-corrected chi connectivity index (χ2v) is 18.6. The van der Waals surface area contributed by atoms with E-state index in [2.05, 4.69) is 31.3 Å². The van der Waals surface area contributed by atoms with Crippen LogP contribution in [0.3, 0.4) is 0 Å². The molecule has 14 heteroatoms. The first kappa shape index (κ1) is 59.6. The summed E-state index contributed by atoms with van der Waals surface area (Å²) in [6.07, 6.45) is 25.0. The van der Waals surface area contributed by atoms with Crippen molar-refractivity contribution in [2.45, 2.75) is 274 Å². The lowest BCUT2D eigenvalue weighted by Gasteiger charge is -2.46. The van der Waals surface area contributed by atoms with E-state index in [-0.39, 0.29) is 18.9 Å². The second kappa shape index (κ2) is 38.3. The van der Waals surface area contributed by atoms with Crippen LogP contribution in [0.4, 0.5) is 0 Å². The number of carbonyl (C=O) groups is 1. The summed E-state index contributed by atoms with van der Waals surface area (Å²) in [7, 11) is 0. The van der Waals surface area contributed by atoms with E-state index in [1.807, 2.05) is 6.08 Å². The smallest absolute Gasteiger partial charge is 0.220 e. The molecule has 12 unspecified atom stereocenters. The molecule has 0 aromatic heterocycles. The van der Waals surface area contributed by atoms with Gasteiger partial charge in [-0.3, -0.25) is 4.79 Å². The molecule has 0 bridgehead atoms. The summed E-state index contributed by atoms with van der Waals surface area (Å²) in [6, 6.07) is -0.925. The average molecular weight is 930 g/mol. The number of aliphatic hydroxyl groups is 8. The van der Waals surface area contributed by atoms with Gasteiger partial charge in [-0.05, 0) is 32.1 Å². The van der Waals surface area contributed by atoms with Crippen LogP contribution in [0.1, 0.15) is 200 Å². The van der Waals surface area contributed by atoms with Crippen molar-refractivity contribution in [1.82, 2.24) is 5.32 Å². The molecule has 14 nitrogen and oxygen atoms in total. The van der Waals surface area contributed by atoms with E-state index in [1.54, 1.807) is 6.08 Å². The summed E-state index contributed by atoms with van der Waals surface area (Å²) in [5.74, 6) is -0.248. The zero-order valence-electron chi connectivity index (χ0n) is 40.5. The monoisotopic (exact) mass is 930 g/mol. The highest BCUT2D eigenvalue weighted by Gasteiger charge is 2.51. The zero-order valence-corrected chi connectivity index (χ0v) is 40.5. The molecule has 382 valence electrons. The first-order valence-electron chi connectivity index (χ1n) is 26.1. The lowest BCUT2D eigenvalue weighted by atomic mass is 9.97. The number of carbonyl (C=O) groups excluding carboxylic acids is 1. The molecule has 0 radical (unpaired) electrons. The fraction of sp³-hybridized carbons (Fsp3) is 0.902. The van der Waals surface area contributed by atoms with Crippen molar-refractivity contribution in [3.63, 3.8) is 0 Å². The maximum absolute atomic E-state index is 13.2. The summed E-state index contributed by atoms with van der Waals surface area (Å²) >= 11 is 0. The third-order valence-corrected chi connectivity index (χ3v) is 12.9. The molecule has 9 N–H and O–H groups in total. The molecule has 2 fully saturated rings. The number of amides is 1. The Hall–Kier alpha value is -1.53. The van der Waals surface area contributed by atoms with Gasteiger partial charge in [-0.15, -0.1) is 0 Å². The minimum absolute atomic E-state index is 0.248. The summed E-state index contributed by atoms with van der Waals surface area (Å²) < 4.78 is 22.7. The summed E-state index contributed by atoms with van der Waals surface area (Å²) in [5, 5.41) is 86.7. The van der Waals surface area contributed by atoms with Gasteiger partial charge < -0.3 is 65.1 Å². The molecule has 12 atom stereocenters. The van der Waals surface area contributed by atoms with Crippen LogP contribution in [0.25, 0.3) is 0 Å². The molecule has 0 saturated carbocycles. The van der Waals surface area contributed by atoms with Crippen LogP contribution in [0.15, 0.2) is 24.3 Å². The molecule has 0 aromatic rings. The highest BCUT2D eigenvalue weighted by Crippen LogP contribution is 2.30. The highest BCUT2D eigenvalue weighted by atomic mass is 16.7. The number of nitrogens with one attached hydrogen (secondary N) is 1. The third kappa shape index (κ3) is 25.6. The Morgan fingerprint density at radius 3 is 1.51 bits per heavy atom. The summed E-state index contributed by atoms with van der Waals surface area (Å²) in [4.78, 5) is 13.2. The van der Waals surface area contributed by atoms with Crippen molar-refractivity contribution in [2.75, 3.05) is 19.8 Å². The van der Waals surface area contributed by atoms with Gasteiger partial charge in [-0.1, -0.05) is 186 Å². The van der Waals surface area contributed by atoms with Crippen molar-refractivity contribution in [2.24, 2.45) is 0 Å². The van der Waals surface area contributed by atoms with Crippen LogP contribution in [0, 0.1) is 0 Å². The van der Waals surface area contributed by atoms with Gasteiger partial charge in [0.1, 0.15) is 48.8 Å². The SMILES string of the molecule is CCCCCCCCCCC/C=C/CC/C=C/C(O)C(COC1OC(CO)C(OC2OC(CO)C(O)C(O)C2O)C(O)C1O)NC(=O)CCCCCCCCCCCCCCCCCC. The molecule has 2 aliphatic rings. The van der Waals surface area contributed by atoms with E-state index < -0.39 is 86.8 Å². The number of hydrogen-bond acceptors (Lipinski definition) is 13. The van der Waals surface area contributed by atoms with E-state index in [1.165, 1.54) is 135 Å². The van der Waals surface area contributed by atoms with E-state index in [0.717, 1.165) is 32.1 Å². The normalized spacial score (nSPS) is 27.2. The Morgan fingerprint density at radius 2 is 0.985 bits per heavy atom.